The molecule has 0 amide bonds. The molecule has 0 spiro atoms. The molecule has 3 aromatic rings. The van der Waals surface area contributed by atoms with Gasteiger partial charge in [0.2, 0.25) is 5.69 Å². The van der Waals surface area contributed by atoms with E-state index in [0.717, 1.165) is 36.9 Å². The highest BCUT2D eigenvalue weighted by Crippen LogP contribution is 2.29. The van der Waals surface area contributed by atoms with Crippen LogP contribution in [0, 0.1) is 6.92 Å². The minimum atomic E-state index is -0.533. The molecule has 8 nitrogen and oxygen atoms in total. The van der Waals surface area contributed by atoms with Crippen molar-refractivity contribution in [2.24, 2.45) is 0 Å². The summed E-state index contributed by atoms with van der Waals surface area (Å²) >= 11 is 5.98. The minimum absolute atomic E-state index is 0.118. The van der Waals surface area contributed by atoms with E-state index in [9.17, 15) is 4.79 Å². The molecule has 1 saturated heterocycles. The number of aryl methyl sites for hydroxylation is 1. The molecule has 0 radical (unpaired) electrons. The van der Waals surface area contributed by atoms with Gasteiger partial charge < -0.3 is 19.1 Å². The van der Waals surface area contributed by atoms with Crippen LogP contribution in [0.2, 0.25) is 5.02 Å². The van der Waals surface area contributed by atoms with Crippen LogP contribution in [0.5, 0.6) is 0 Å². The van der Waals surface area contributed by atoms with E-state index >= 15 is 0 Å². The number of fused-ring (bicyclic) bond motifs is 1. The predicted molar refractivity (Wildman–Crippen MR) is 106 cm³/mol. The zero-order valence-electron chi connectivity index (χ0n) is 15.7. The molecular weight excluding hydrogens is 382 g/mol. The second kappa shape index (κ2) is 7.63. The van der Waals surface area contributed by atoms with Gasteiger partial charge in [0.15, 0.2) is 0 Å². The smallest absolute Gasteiger partial charge is 0.361 e. The van der Waals surface area contributed by atoms with Gasteiger partial charge in [0.25, 0.3) is 5.71 Å². The Balaban J connectivity index is 1.61. The van der Waals surface area contributed by atoms with Gasteiger partial charge in [-0.1, -0.05) is 16.8 Å². The normalized spacial score (nSPS) is 14.5. The number of halogens is 1. The molecule has 1 fully saturated rings. The molecular formula is C19H20ClN5O3. The van der Waals surface area contributed by atoms with Crippen molar-refractivity contribution in [3.8, 4) is 0 Å². The minimum Gasteiger partial charge on any atom is -0.461 e. The third kappa shape index (κ3) is 3.47. The first-order valence-corrected chi connectivity index (χ1v) is 9.51. The average Bonchev–Trinajstić information content (AvgIpc) is 3.12. The third-order valence-electron chi connectivity index (χ3n) is 4.67. The fourth-order valence-corrected chi connectivity index (χ4v) is 3.46. The number of carbonyl (C=O) groups excluding carboxylic acids is 1. The van der Waals surface area contributed by atoms with Crippen LogP contribution in [-0.2, 0) is 4.74 Å². The van der Waals surface area contributed by atoms with Gasteiger partial charge in [0, 0.05) is 36.9 Å². The van der Waals surface area contributed by atoms with Crippen molar-refractivity contribution in [1.82, 2.24) is 15.1 Å². The van der Waals surface area contributed by atoms with Crippen LogP contribution in [0.4, 0.5) is 11.5 Å². The summed E-state index contributed by atoms with van der Waals surface area (Å²) in [6, 6.07) is 7.82. The molecule has 146 valence electrons. The summed E-state index contributed by atoms with van der Waals surface area (Å²) in [6.45, 7) is 6.90. The van der Waals surface area contributed by atoms with Gasteiger partial charge in [-0.15, -0.1) is 0 Å². The number of ether oxygens (including phenoxy) is 1. The molecule has 0 saturated carbocycles. The van der Waals surface area contributed by atoms with Crippen LogP contribution in [-0.4, -0.2) is 53.9 Å². The molecule has 9 heteroatoms. The molecule has 3 heterocycles. The second-order valence-electron chi connectivity index (χ2n) is 6.48. The lowest BCUT2D eigenvalue weighted by Gasteiger charge is -2.37. The zero-order valence-corrected chi connectivity index (χ0v) is 16.4. The Bertz CT molecular complexity index is 997. The number of anilines is 2. The molecule has 2 aromatic heterocycles. The molecule has 28 heavy (non-hydrogen) atoms. The first kappa shape index (κ1) is 18.5. The number of nitrogens with zero attached hydrogens (tertiary/aromatic N) is 5. The van der Waals surface area contributed by atoms with Crippen molar-refractivity contribution >= 4 is 40.2 Å². The Kier molecular flexibility index (Phi) is 5.04. The largest absolute Gasteiger partial charge is 0.461 e. The summed E-state index contributed by atoms with van der Waals surface area (Å²) in [6.07, 6.45) is 0. The van der Waals surface area contributed by atoms with E-state index in [4.69, 9.17) is 20.9 Å². The fraction of sp³-hybridized carbons (Fsp3) is 0.368. The van der Waals surface area contributed by atoms with E-state index in [2.05, 4.69) is 24.9 Å². The van der Waals surface area contributed by atoms with Crippen molar-refractivity contribution in [3.63, 3.8) is 0 Å². The van der Waals surface area contributed by atoms with Gasteiger partial charge in [0.05, 0.1) is 6.61 Å². The topological polar surface area (TPSA) is 84.6 Å². The van der Waals surface area contributed by atoms with E-state index in [1.165, 1.54) is 0 Å². The quantitative estimate of drug-likeness (QED) is 0.616. The van der Waals surface area contributed by atoms with Gasteiger partial charge in [0.1, 0.15) is 17.0 Å². The standard InChI is InChI=1S/C19H20ClN5O3/c1-3-27-19(26)16-15-17(21-12(2)22-18(15)28-23-16)25-10-8-24(9-11-25)14-6-4-13(20)5-7-14/h4-7H,3,8-11H2,1-2H3. The van der Waals surface area contributed by atoms with E-state index < -0.39 is 5.97 Å². The van der Waals surface area contributed by atoms with Crippen molar-refractivity contribution in [2.45, 2.75) is 13.8 Å². The van der Waals surface area contributed by atoms with Crippen LogP contribution in [0.1, 0.15) is 23.2 Å². The van der Waals surface area contributed by atoms with E-state index in [0.29, 0.717) is 22.7 Å². The van der Waals surface area contributed by atoms with Gasteiger partial charge in [-0.05, 0) is 38.1 Å². The number of rotatable bonds is 4. The lowest BCUT2D eigenvalue weighted by molar-refractivity contribution is 0.0517. The highest BCUT2D eigenvalue weighted by molar-refractivity contribution is 6.30. The first-order valence-electron chi connectivity index (χ1n) is 9.13. The van der Waals surface area contributed by atoms with Crippen molar-refractivity contribution in [1.29, 1.82) is 0 Å². The summed E-state index contributed by atoms with van der Waals surface area (Å²) < 4.78 is 10.4. The highest BCUT2D eigenvalue weighted by atomic mass is 35.5. The monoisotopic (exact) mass is 401 g/mol. The summed E-state index contributed by atoms with van der Waals surface area (Å²) in [5, 5.41) is 5.11. The number of esters is 1. The van der Waals surface area contributed by atoms with Crippen LogP contribution >= 0.6 is 11.6 Å². The molecule has 1 aliphatic heterocycles. The predicted octanol–water partition coefficient (Wildman–Crippen LogP) is 3.08. The Morgan fingerprint density at radius 3 is 2.50 bits per heavy atom. The van der Waals surface area contributed by atoms with E-state index in [1.54, 1.807) is 13.8 Å². The summed E-state index contributed by atoms with van der Waals surface area (Å²) in [5.74, 6) is 0.687. The summed E-state index contributed by atoms with van der Waals surface area (Å²) in [4.78, 5) is 25.5. The summed E-state index contributed by atoms with van der Waals surface area (Å²) in [7, 11) is 0. The number of carbonyl (C=O) groups is 1. The molecule has 1 aromatic carbocycles. The maximum absolute atomic E-state index is 12.3. The van der Waals surface area contributed by atoms with Crippen molar-refractivity contribution in [3.05, 3.63) is 40.8 Å². The molecule has 0 bridgehead atoms. The lowest BCUT2D eigenvalue weighted by atomic mass is 10.2. The van der Waals surface area contributed by atoms with Gasteiger partial charge in [-0.25, -0.2) is 9.78 Å². The SMILES string of the molecule is CCOC(=O)c1noc2nc(C)nc(N3CCN(c4ccc(Cl)cc4)CC3)c12. The molecule has 0 unspecified atom stereocenters. The number of aromatic nitrogens is 3. The maximum Gasteiger partial charge on any atom is 0.361 e. The third-order valence-corrected chi connectivity index (χ3v) is 4.92. The van der Waals surface area contributed by atoms with Gasteiger partial charge in [-0.3, -0.25) is 0 Å². The Labute approximate surface area is 167 Å². The zero-order chi connectivity index (χ0) is 19.7. The van der Waals surface area contributed by atoms with Gasteiger partial charge >= 0.3 is 5.97 Å². The van der Waals surface area contributed by atoms with Crippen LogP contribution in [0.15, 0.2) is 28.8 Å². The molecule has 0 aliphatic carbocycles. The van der Waals surface area contributed by atoms with Crippen LogP contribution < -0.4 is 9.80 Å². The molecule has 0 N–H and O–H groups in total. The Morgan fingerprint density at radius 1 is 1.14 bits per heavy atom. The number of piperazine rings is 1. The Hall–Kier alpha value is -2.87. The number of hydrogen-bond acceptors (Lipinski definition) is 8. The lowest BCUT2D eigenvalue weighted by Crippen LogP contribution is -2.47. The van der Waals surface area contributed by atoms with E-state index in [1.807, 2.05) is 24.3 Å². The fourth-order valence-electron chi connectivity index (χ4n) is 3.34. The van der Waals surface area contributed by atoms with Gasteiger partial charge in [-0.2, -0.15) is 4.98 Å². The van der Waals surface area contributed by atoms with E-state index in [-0.39, 0.29) is 12.3 Å². The second-order valence-corrected chi connectivity index (χ2v) is 6.91. The van der Waals surface area contributed by atoms with Crippen molar-refractivity contribution < 1.29 is 14.1 Å². The summed E-state index contributed by atoms with van der Waals surface area (Å²) in [5.41, 5.74) is 1.54. The maximum atomic E-state index is 12.3. The highest BCUT2D eigenvalue weighted by Gasteiger charge is 2.27. The Morgan fingerprint density at radius 2 is 1.82 bits per heavy atom. The molecule has 4 rings (SSSR count). The molecule has 0 atom stereocenters. The molecule has 1 aliphatic rings. The van der Waals surface area contributed by atoms with Crippen LogP contribution in [0.25, 0.3) is 11.1 Å². The van der Waals surface area contributed by atoms with Crippen molar-refractivity contribution in [2.75, 3.05) is 42.6 Å². The number of hydrogen-bond donors (Lipinski definition) is 0. The average molecular weight is 402 g/mol. The number of benzene rings is 1. The van der Waals surface area contributed by atoms with Crippen LogP contribution in [0.3, 0.4) is 0 Å². The first-order chi connectivity index (χ1) is 13.6.